The van der Waals surface area contributed by atoms with E-state index in [1.807, 2.05) is 60.7 Å². The Balaban J connectivity index is 1.63. The maximum atomic E-state index is 12.9. The number of carbonyl (C=O) groups excluding carboxylic acids is 1. The van der Waals surface area contributed by atoms with Crippen LogP contribution in [0.15, 0.2) is 97.1 Å². The maximum absolute atomic E-state index is 12.9. The van der Waals surface area contributed by atoms with Crippen molar-refractivity contribution in [3.63, 3.8) is 0 Å². The summed E-state index contributed by atoms with van der Waals surface area (Å²) in [5, 5.41) is 3.15. The highest BCUT2D eigenvalue weighted by atomic mass is 35.5. The Kier molecular flexibility index (Phi) is 6.43. The molecule has 0 unspecified atom stereocenters. The number of hydrogen-bond donors (Lipinski definition) is 2. The lowest BCUT2D eigenvalue weighted by molar-refractivity contribution is 0.102. The number of carbonyl (C=O) groups is 1. The number of nitrogens with two attached hydrogens (primary N) is 1. The van der Waals surface area contributed by atoms with Gasteiger partial charge in [-0.1, -0.05) is 84.4 Å². The second-order valence-corrected chi connectivity index (χ2v) is 7.82. The SMILES string of the molecule is COc1cc(N)cc(Cl)c1NC(=O)c1ccc(C(c2ccccc2)c2ccccc2)cc1. The van der Waals surface area contributed by atoms with Crippen LogP contribution < -0.4 is 15.8 Å². The molecule has 3 N–H and O–H groups in total. The third-order valence-electron chi connectivity index (χ3n) is 5.31. The highest BCUT2D eigenvalue weighted by Gasteiger charge is 2.18. The van der Waals surface area contributed by atoms with E-state index in [4.69, 9.17) is 22.1 Å². The molecule has 160 valence electrons. The van der Waals surface area contributed by atoms with Gasteiger partial charge in [-0.2, -0.15) is 0 Å². The zero-order chi connectivity index (χ0) is 22.5. The van der Waals surface area contributed by atoms with Crippen LogP contribution in [0.2, 0.25) is 5.02 Å². The predicted molar refractivity (Wildman–Crippen MR) is 131 cm³/mol. The smallest absolute Gasteiger partial charge is 0.255 e. The summed E-state index contributed by atoms with van der Waals surface area (Å²) in [5.41, 5.74) is 10.7. The van der Waals surface area contributed by atoms with E-state index in [2.05, 4.69) is 29.6 Å². The first-order chi connectivity index (χ1) is 15.6. The van der Waals surface area contributed by atoms with Gasteiger partial charge in [0.05, 0.1) is 12.1 Å². The first-order valence-electron chi connectivity index (χ1n) is 10.2. The summed E-state index contributed by atoms with van der Waals surface area (Å²) in [5.74, 6) is 0.201. The molecule has 0 spiro atoms. The molecule has 0 bridgehead atoms. The first kappa shape index (κ1) is 21.5. The van der Waals surface area contributed by atoms with E-state index in [0.717, 1.165) is 5.56 Å². The van der Waals surface area contributed by atoms with E-state index in [1.165, 1.54) is 18.2 Å². The fourth-order valence-electron chi connectivity index (χ4n) is 3.76. The number of halogens is 1. The van der Waals surface area contributed by atoms with Gasteiger partial charge in [0.15, 0.2) is 0 Å². The van der Waals surface area contributed by atoms with Crippen LogP contribution in [0.25, 0.3) is 0 Å². The molecule has 4 aromatic rings. The second kappa shape index (κ2) is 9.58. The second-order valence-electron chi connectivity index (χ2n) is 7.41. The van der Waals surface area contributed by atoms with Gasteiger partial charge < -0.3 is 15.8 Å². The van der Waals surface area contributed by atoms with Gasteiger partial charge in [0.2, 0.25) is 0 Å². The minimum Gasteiger partial charge on any atom is -0.494 e. The quantitative estimate of drug-likeness (QED) is 0.269. The number of nitrogen functional groups attached to an aromatic ring is 1. The van der Waals surface area contributed by atoms with Crippen LogP contribution >= 0.6 is 11.6 Å². The molecule has 0 aliphatic rings. The number of benzene rings is 4. The minimum absolute atomic E-state index is 0.0705. The van der Waals surface area contributed by atoms with E-state index in [9.17, 15) is 4.79 Å². The molecule has 0 heterocycles. The van der Waals surface area contributed by atoms with Crippen molar-refractivity contribution < 1.29 is 9.53 Å². The van der Waals surface area contributed by atoms with Crippen LogP contribution in [0.1, 0.15) is 33.0 Å². The predicted octanol–water partition coefficient (Wildman–Crippen LogP) is 6.36. The minimum atomic E-state index is -0.280. The number of nitrogens with one attached hydrogen (secondary N) is 1. The summed E-state index contributed by atoms with van der Waals surface area (Å²) in [7, 11) is 1.50. The molecule has 0 fully saturated rings. The van der Waals surface area contributed by atoms with Crippen molar-refractivity contribution in [3.05, 3.63) is 124 Å². The number of rotatable bonds is 6. The Bertz CT molecular complexity index is 1170. The third kappa shape index (κ3) is 4.61. The highest BCUT2D eigenvalue weighted by molar-refractivity contribution is 6.34. The van der Waals surface area contributed by atoms with Crippen molar-refractivity contribution in [2.75, 3.05) is 18.2 Å². The molecule has 4 aromatic carbocycles. The highest BCUT2D eigenvalue weighted by Crippen LogP contribution is 2.36. The van der Waals surface area contributed by atoms with Gasteiger partial charge in [-0.3, -0.25) is 4.79 Å². The molecule has 0 atom stereocenters. The summed E-state index contributed by atoms with van der Waals surface area (Å²) in [6, 6.07) is 31.5. The fourth-order valence-corrected chi connectivity index (χ4v) is 4.03. The Morgan fingerprint density at radius 1 is 0.844 bits per heavy atom. The molecule has 0 saturated heterocycles. The zero-order valence-corrected chi connectivity index (χ0v) is 18.3. The lowest BCUT2D eigenvalue weighted by atomic mass is 9.85. The Morgan fingerprint density at radius 2 is 1.38 bits per heavy atom. The van der Waals surface area contributed by atoms with E-state index in [0.29, 0.717) is 27.7 Å². The average molecular weight is 443 g/mol. The van der Waals surface area contributed by atoms with Gasteiger partial charge in [-0.25, -0.2) is 0 Å². The van der Waals surface area contributed by atoms with Gasteiger partial charge in [-0.15, -0.1) is 0 Å². The van der Waals surface area contributed by atoms with Crippen molar-refractivity contribution >= 4 is 28.9 Å². The molecular formula is C27H23ClN2O2. The van der Waals surface area contributed by atoms with Gasteiger partial charge >= 0.3 is 0 Å². The van der Waals surface area contributed by atoms with Crippen LogP contribution in [0.4, 0.5) is 11.4 Å². The van der Waals surface area contributed by atoms with Crippen molar-refractivity contribution in [2.45, 2.75) is 5.92 Å². The van der Waals surface area contributed by atoms with E-state index < -0.39 is 0 Å². The average Bonchev–Trinajstić information content (AvgIpc) is 2.82. The first-order valence-corrected chi connectivity index (χ1v) is 10.6. The van der Waals surface area contributed by atoms with Gasteiger partial charge in [0.25, 0.3) is 5.91 Å². The Hall–Kier alpha value is -3.76. The molecule has 5 heteroatoms. The zero-order valence-electron chi connectivity index (χ0n) is 17.6. The fraction of sp³-hybridized carbons (Fsp3) is 0.0741. The maximum Gasteiger partial charge on any atom is 0.255 e. The summed E-state index contributed by atoms with van der Waals surface area (Å²) in [6.07, 6.45) is 0. The number of amides is 1. The summed E-state index contributed by atoms with van der Waals surface area (Å²) < 4.78 is 5.31. The summed E-state index contributed by atoms with van der Waals surface area (Å²) in [6.45, 7) is 0. The van der Waals surface area contributed by atoms with Crippen LogP contribution in [-0.2, 0) is 0 Å². The molecule has 0 aromatic heterocycles. The number of anilines is 2. The van der Waals surface area contributed by atoms with Crippen molar-refractivity contribution in [1.82, 2.24) is 0 Å². The molecule has 4 nitrogen and oxygen atoms in total. The lowest BCUT2D eigenvalue weighted by Crippen LogP contribution is -2.13. The van der Waals surface area contributed by atoms with Gasteiger partial charge in [0.1, 0.15) is 11.4 Å². The largest absolute Gasteiger partial charge is 0.494 e. The van der Waals surface area contributed by atoms with E-state index in [-0.39, 0.29) is 11.8 Å². The van der Waals surface area contributed by atoms with Crippen LogP contribution in [-0.4, -0.2) is 13.0 Å². The molecule has 4 rings (SSSR count). The number of methoxy groups -OCH3 is 1. The van der Waals surface area contributed by atoms with E-state index in [1.54, 1.807) is 12.1 Å². The summed E-state index contributed by atoms with van der Waals surface area (Å²) in [4.78, 5) is 12.9. The lowest BCUT2D eigenvalue weighted by Gasteiger charge is -2.19. The Labute approximate surface area is 192 Å². The van der Waals surface area contributed by atoms with Crippen molar-refractivity contribution in [2.24, 2.45) is 0 Å². The number of hydrogen-bond acceptors (Lipinski definition) is 3. The summed E-state index contributed by atoms with van der Waals surface area (Å²) >= 11 is 6.27. The van der Waals surface area contributed by atoms with Gasteiger partial charge in [-0.05, 0) is 34.9 Å². The van der Waals surface area contributed by atoms with E-state index >= 15 is 0 Å². The van der Waals surface area contributed by atoms with Crippen LogP contribution in [0.5, 0.6) is 5.75 Å². The molecule has 0 saturated carbocycles. The van der Waals surface area contributed by atoms with Crippen LogP contribution in [0.3, 0.4) is 0 Å². The third-order valence-corrected chi connectivity index (χ3v) is 5.60. The topological polar surface area (TPSA) is 64.3 Å². The molecular weight excluding hydrogens is 420 g/mol. The number of ether oxygens (including phenoxy) is 1. The standard InChI is InChI=1S/C27H23ClN2O2/c1-32-24-17-22(29)16-23(28)26(24)30-27(31)21-14-12-20(13-15-21)25(18-8-4-2-5-9-18)19-10-6-3-7-11-19/h2-17,25H,29H2,1H3,(H,30,31). The van der Waals surface area contributed by atoms with Gasteiger partial charge in [0, 0.05) is 23.2 Å². The monoisotopic (exact) mass is 442 g/mol. The molecule has 0 radical (unpaired) electrons. The molecule has 32 heavy (non-hydrogen) atoms. The molecule has 0 aliphatic carbocycles. The normalized spacial score (nSPS) is 10.7. The van der Waals surface area contributed by atoms with Crippen molar-refractivity contribution in [1.29, 1.82) is 0 Å². The Morgan fingerprint density at radius 3 is 1.91 bits per heavy atom. The molecule has 0 aliphatic heterocycles. The van der Waals surface area contributed by atoms with Crippen molar-refractivity contribution in [3.8, 4) is 5.75 Å². The molecule has 1 amide bonds. The van der Waals surface area contributed by atoms with Crippen LogP contribution in [0, 0.1) is 0 Å².